The summed E-state index contributed by atoms with van der Waals surface area (Å²) in [4.78, 5) is 0. The summed E-state index contributed by atoms with van der Waals surface area (Å²) in [7, 11) is 0. The van der Waals surface area contributed by atoms with Gasteiger partial charge in [-0.1, -0.05) is 51.6 Å². The van der Waals surface area contributed by atoms with Crippen LogP contribution < -0.4 is 0 Å². The van der Waals surface area contributed by atoms with E-state index in [9.17, 15) is 5.11 Å². The minimum atomic E-state index is -0.343. The van der Waals surface area contributed by atoms with Crippen LogP contribution in [-0.4, -0.2) is 5.11 Å². The van der Waals surface area contributed by atoms with Gasteiger partial charge < -0.3 is 5.11 Å². The Morgan fingerprint density at radius 1 is 1.31 bits per heavy atom. The van der Waals surface area contributed by atoms with Crippen molar-refractivity contribution in [2.75, 3.05) is 0 Å². The minimum absolute atomic E-state index is 0.343. The fourth-order valence-electron chi connectivity index (χ4n) is 2.62. The van der Waals surface area contributed by atoms with Gasteiger partial charge in [-0.3, -0.25) is 0 Å². The number of hydrogen-bond donors (Lipinski definition) is 1. The number of halogens is 2. The maximum Gasteiger partial charge on any atom is 0.0832 e. The molecule has 0 spiro atoms. The van der Waals surface area contributed by atoms with Crippen LogP contribution in [0.1, 0.15) is 37.9 Å². The van der Waals surface area contributed by atoms with Gasteiger partial charge in [0.1, 0.15) is 0 Å². The van der Waals surface area contributed by atoms with Gasteiger partial charge in [0.05, 0.1) is 6.10 Å². The Bertz CT molecular complexity index is 378. The molecule has 1 aromatic carbocycles. The van der Waals surface area contributed by atoms with Crippen molar-refractivity contribution in [2.45, 2.75) is 32.3 Å². The fourth-order valence-corrected chi connectivity index (χ4v) is 3.48. The molecule has 2 rings (SSSR count). The first-order chi connectivity index (χ1) is 7.59. The van der Waals surface area contributed by atoms with Gasteiger partial charge in [0.25, 0.3) is 0 Å². The van der Waals surface area contributed by atoms with Crippen molar-refractivity contribution >= 4 is 31.9 Å². The highest BCUT2D eigenvalue weighted by Crippen LogP contribution is 2.42. The number of rotatable bonds is 2. The van der Waals surface area contributed by atoms with Crippen LogP contribution in [0.3, 0.4) is 0 Å². The summed E-state index contributed by atoms with van der Waals surface area (Å²) >= 11 is 6.97. The van der Waals surface area contributed by atoms with E-state index in [1.165, 1.54) is 12.8 Å². The summed E-state index contributed by atoms with van der Waals surface area (Å²) in [6.07, 6.45) is 3.28. The second kappa shape index (κ2) is 5.19. The van der Waals surface area contributed by atoms with E-state index in [1.54, 1.807) is 0 Å². The third-order valence-corrected chi connectivity index (χ3v) is 4.83. The highest BCUT2D eigenvalue weighted by molar-refractivity contribution is 9.11. The SMILES string of the molecule is CC1CCCC1C(O)c1cc(Br)ccc1Br. The van der Waals surface area contributed by atoms with Crippen molar-refractivity contribution in [2.24, 2.45) is 11.8 Å². The third kappa shape index (κ3) is 2.52. The van der Waals surface area contributed by atoms with Crippen LogP contribution >= 0.6 is 31.9 Å². The molecular formula is C13H16Br2O. The Kier molecular flexibility index (Phi) is 4.09. The normalized spacial score (nSPS) is 27.0. The summed E-state index contributed by atoms with van der Waals surface area (Å²) in [6.45, 7) is 2.24. The Morgan fingerprint density at radius 3 is 2.69 bits per heavy atom. The lowest BCUT2D eigenvalue weighted by atomic mass is 9.88. The molecule has 0 bridgehead atoms. The molecule has 0 saturated heterocycles. The topological polar surface area (TPSA) is 20.2 Å². The van der Waals surface area contributed by atoms with Crippen molar-refractivity contribution in [3.63, 3.8) is 0 Å². The molecule has 0 amide bonds. The van der Waals surface area contributed by atoms with E-state index >= 15 is 0 Å². The first kappa shape index (κ1) is 12.6. The first-order valence-corrected chi connectivity index (χ1v) is 7.31. The molecule has 1 fully saturated rings. The quantitative estimate of drug-likeness (QED) is 0.823. The van der Waals surface area contributed by atoms with Crippen LogP contribution in [0.15, 0.2) is 27.1 Å². The van der Waals surface area contributed by atoms with E-state index in [0.29, 0.717) is 11.8 Å². The Labute approximate surface area is 114 Å². The smallest absolute Gasteiger partial charge is 0.0832 e. The molecule has 3 unspecified atom stereocenters. The van der Waals surface area contributed by atoms with Crippen LogP contribution in [0.25, 0.3) is 0 Å². The minimum Gasteiger partial charge on any atom is -0.388 e. The van der Waals surface area contributed by atoms with Crippen LogP contribution in [0, 0.1) is 11.8 Å². The molecule has 1 aliphatic rings. The van der Waals surface area contributed by atoms with Gasteiger partial charge in [0.2, 0.25) is 0 Å². The molecule has 3 atom stereocenters. The Morgan fingerprint density at radius 2 is 2.06 bits per heavy atom. The fraction of sp³-hybridized carbons (Fsp3) is 0.538. The maximum absolute atomic E-state index is 10.4. The Balaban J connectivity index is 2.25. The average molecular weight is 348 g/mol. The molecule has 1 aromatic rings. The van der Waals surface area contributed by atoms with Gasteiger partial charge in [0, 0.05) is 8.95 Å². The van der Waals surface area contributed by atoms with Gasteiger partial charge >= 0.3 is 0 Å². The van der Waals surface area contributed by atoms with Gasteiger partial charge in [-0.15, -0.1) is 0 Å². The molecule has 1 N–H and O–H groups in total. The van der Waals surface area contributed by atoms with Crippen LogP contribution in [0.5, 0.6) is 0 Å². The maximum atomic E-state index is 10.4. The van der Waals surface area contributed by atoms with Crippen molar-refractivity contribution in [1.29, 1.82) is 0 Å². The molecule has 0 aromatic heterocycles. The number of hydrogen-bond acceptors (Lipinski definition) is 1. The van der Waals surface area contributed by atoms with Gasteiger partial charge in [-0.25, -0.2) is 0 Å². The molecule has 0 heterocycles. The van der Waals surface area contributed by atoms with E-state index in [-0.39, 0.29) is 6.10 Å². The zero-order chi connectivity index (χ0) is 11.7. The van der Waals surface area contributed by atoms with E-state index in [1.807, 2.05) is 18.2 Å². The summed E-state index contributed by atoms with van der Waals surface area (Å²) in [5.74, 6) is 1.03. The lowest BCUT2D eigenvalue weighted by molar-refractivity contribution is 0.0894. The lowest BCUT2D eigenvalue weighted by Gasteiger charge is -2.23. The van der Waals surface area contributed by atoms with E-state index in [4.69, 9.17) is 0 Å². The van der Waals surface area contributed by atoms with E-state index < -0.39 is 0 Å². The van der Waals surface area contributed by atoms with E-state index in [2.05, 4.69) is 38.8 Å². The zero-order valence-electron chi connectivity index (χ0n) is 9.29. The first-order valence-electron chi connectivity index (χ1n) is 5.72. The summed E-state index contributed by atoms with van der Waals surface area (Å²) in [5.41, 5.74) is 1.01. The van der Waals surface area contributed by atoms with Gasteiger partial charge in [-0.05, 0) is 42.0 Å². The molecule has 1 saturated carbocycles. The number of aliphatic hydroxyl groups excluding tert-OH is 1. The van der Waals surface area contributed by atoms with Crippen molar-refractivity contribution < 1.29 is 5.11 Å². The predicted octanol–water partition coefficient (Wildman–Crippen LogP) is 4.68. The monoisotopic (exact) mass is 346 g/mol. The molecule has 88 valence electrons. The molecule has 16 heavy (non-hydrogen) atoms. The second-order valence-electron chi connectivity index (χ2n) is 4.68. The molecule has 0 radical (unpaired) electrons. The Hall–Kier alpha value is 0.140. The zero-order valence-corrected chi connectivity index (χ0v) is 12.5. The molecule has 1 aliphatic carbocycles. The number of benzene rings is 1. The molecule has 0 aliphatic heterocycles. The summed E-state index contributed by atoms with van der Waals surface area (Å²) in [5, 5.41) is 10.4. The molecule has 3 heteroatoms. The lowest BCUT2D eigenvalue weighted by Crippen LogP contribution is -2.15. The third-order valence-electron chi connectivity index (χ3n) is 3.61. The standard InChI is InChI=1S/C13H16Br2O/c1-8-3-2-4-10(8)13(16)11-7-9(14)5-6-12(11)15/h5-8,10,13,16H,2-4H2,1H3. The van der Waals surface area contributed by atoms with Crippen molar-refractivity contribution in [3.05, 3.63) is 32.7 Å². The van der Waals surface area contributed by atoms with Crippen LogP contribution in [0.4, 0.5) is 0 Å². The van der Waals surface area contributed by atoms with Gasteiger partial charge in [0.15, 0.2) is 0 Å². The highest BCUT2D eigenvalue weighted by atomic mass is 79.9. The highest BCUT2D eigenvalue weighted by Gasteiger charge is 2.31. The van der Waals surface area contributed by atoms with Gasteiger partial charge in [-0.2, -0.15) is 0 Å². The van der Waals surface area contributed by atoms with E-state index in [0.717, 1.165) is 20.9 Å². The average Bonchev–Trinajstić information content (AvgIpc) is 2.67. The second-order valence-corrected chi connectivity index (χ2v) is 6.45. The van der Waals surface area contributed by atoms with Crippen molar-refractivity contribution in [3.8, 4) is 0 Å². The molecule has 1 nitrogen and oxygen atoms in total. The molecular weight excluding hydrogens is 332 g/mol. The largest absolute Gasteiger partial charge is 0.388 e. The van der Waals surface area contributed by atoms with Crippen LogP contribution in [-0.2, 0) is 0 Å². The number of aliphatic hydroxyl groups is 1. The predicted molar refractivity (Wildman–Crippen MR) is 73.3 cm³/mol. The van der Waals surface area contributed by atoms with Crippen molar-refractivity contribution in [1.82, 2.24) is 0 Å². The van der Waals surface area contributed by atoms with Crippen LogP contribution in [0.2, 0.25) is 0 Å². The summed E-state index contributed by atoms with van der Waals surface area (Å²) < 4.78 is 2.03. The summed E-state index contributed by atoms with van der Waals surface area (Å²) in [6, 6.07) is 5.99.